The lowest BCUT2D eigenvalue weighted by atomic mass is 10.2. The minimum absolute atomic E-state index is 0.264. The lowest BCUT2D eigenvalue weighted by Gasteiger charge is -2.06. The van der Waals surface area contributed by atoms with Gasteiger partial charge in [0.2, 0.25) is 0 Å². The lowest BCUT2D eigenvalue weighted by Crippen LogP contribution is -2.20. The van der Waals surface area contributed by atoms with Crippen molar-refractivity contribution < 1.29 is 23.6 Å². The zero-order valence-electron chi connectivity index (χ0n) is 14.6. The number of ether oxygens (including phenoxy) is 1. The fourth-order valence-electron chi connectivity index (χ4n) is 3.15. The number of phenols is 2. The molecule has 0 unspecified atom stereocenters. The van der Waals surface area contributed by atoms with Gasteiger partial charge in [-0.25, -0.2) is 4.99 Å². The molecule has 0 radical (unpaired) electrons. The molecule has 2 N–H and O–H groups in total. The van der Waals surface area contributed by atoms with E-state index in [0.29, 0.717) is 32.9 Å². The van der Waals surface area contributed by atoms with Crippen molar-refractivity contribution in [3.8, 4) is 17.2 Å². The second kappa shape index (κ2) is 6.88. The SMILES string of the molecule is C=CCOc1ccc2cc(/C=C3\C=c4cc(O)c(O)cc4=N3)n(B(F)F)c2c1. The fraction of sp³-hybridized carbons (Fsp3) is 0.0500. The molecular weight excluding hydrogens is 365 g/mol. The highest BCUT2D eigenvalue weighted by molar-refractivity contribution is 6.43. The van der Waals surface area contributed by atoms with Crippen LogP contribution in [0.3, 0.4) is 0 Å². The molecule has 1 aliphatic rings. The molecule has 8 heteroatoms. The molecule has 1 aliphatic heterocycles. The highest BCUT2D eigenvalue weighted by Crippen LogP contribution is 2.28. The maximum Gasteiger partial charge on any atom is 0.678 e. The molecular formula is C20H15BF2N2O3. The Morgan fingerprint density at radius 2 is 1.93 bits per heavy atom. The molecule has 0 saturated heterocycles. The number of hydrogen-bond donors (Lipinski definition) is 2. The van der Waals surface area contributed by atoms with Crippen molar-refractivity contribution in [1.82, 2.24) is 4.48 Å². The summed E-state index contributed by atoms with van der Waals surface area (Å²) in [5.74, 6) is -0.0758. The third-order valence-electron chi connectivity index (χ3n) is 4.38. The Labute approximate surface area is 159 Å². The van der Waals surface area contributed by atoms with Crippen molar-refractivity contribution in [2.75, 3.05) is 6.61 Å². The van der Waals surface area contributed by atoms with E-state index in [-0.39, 0.29) is 23.8 Å². The average Bonchev–Trinajstić information content (AvgIpc) is 3.20. The molecule has 28 heavy (non-hydrogen) atoms. The molecule has 0 atom stereocenters. The number of fused-ring (bicyclic) bond motifs is 2. The number of hydrogen-bond acceptors (Lipinski definition) is 4. The topological polar surface area (TPSA) is 67.0 Å². The van der Waals surface area contributed by atoms with Gasteiger partial charge in [0.1, 0.15) is 12.4 Å². The fourth-order valence-corrected chi connectivity index (χ4v) is 3.15. The van der Waals surface area contributed by atoms with Crippen LogP contribution in [0.15, 0.2) is 59.7 Å². The first-order chi connectivity index (χ1) is 13.5. The smallest absolute Gasteiger partial charge is 0.504 e. The van der Waals surface area contributed by atoms with Crippen LogP contribution in [-0.4, -0.2) is 28.7 Å². The summed E-state index contributed by atoms with van der Waals surface area (Å²) in [7, 11) is -2.75. The standard InChI is InChI=1S/C20H15BF2N2O3/c1-2-5-28-16-4-3-12-7-15(25(21(22)23)18(12)10-16)9-14-6-13-8-19(26)20(27)11-17(13)24-14/h2-4,6-11,26-27H,1,5H2/b14-9+. The Morgan fingerprint density at radius 3 is 2.68 bits per heavy atom. The summed E-state index contributed by atoms with van der Waals surface area (Å²) in [6, 6.07) is 9.34. The molecule has 0 spiro atoms. The van der Waals surface area contributed by atoms with E-state index in [2.05, 4.69) is 11.6 Å². The van der Waals surface area contributed by atoms with Crippen LogP contribution in [0.2, 0.25) is 0 Å². The van der Waals surface area contributed by atoms with E-state index in [1.807, 2.05) is 0 Å². The molecule has 0 aliphatic carbocycles. The van der Waals surface area contributed by atoms with Crippen molar-refractivity contribution in [1.29, 1.82) is 0 Å². The highest BCUT2D eigenvalue weighted by atomic mass is 19.2. The van der Waals surface area contributed by atoms with Gasteiger partial charge in [0.25, 0.3) is 0 Å². The molecule has 4 rings (SSSR count). The van der Waals surface area contributed by atoms with Crippen molar-refractivity contribution in [3.05, 3.63) is 71.0 Å². The average molecular weight is 380 g/mol. The summed E-state index contributed by atoms with van der Waals surface area (Å²) in [6.45, 7) is 3.85. The Balaban J connectivity index is 1.82. The maximum absolute atomic E-state index is 13.8. The largest absolute Gasteiger partial charge is 0.678 e. The van der Waals surface area contributed by atoms with E-state index in [4.69, 9.17) is 4.74 Å². The number of phenolic OH excluding ortho intramolecular Hbond substituents is 2. The van der Waals surface area contributed by atoms with Gasteiger partial charge in [-0.2, -0.15) is 0 Å². The predicted molar refractivity (Wildman–Crippen MR) is 104 cm³/mol. The van der Waals surface area contributed by atoms with Gasteiger partial charge in [-0.1, -0.05) is 12.7 Å². The van der Waals surface area contributed by atoms with E-state index in [1.165, 1.54) is 18.2 Å². The van der Waals surface area contributed by atoms with Gasteiger partial charge in [-0.3, -0.25) is 8.63 Å². The van der Waals surface area contributed by atoms with Gasteiger partial charge in [0.15, 0.2) is 11.5 Å². The second-order valence-corrected chi connectivity index (χ2v) is 6.26. The van der Waals surface area contributed by atoms with Crippen molar-refractivity contribution in [3.63, 3.8) is 0 Å². The molecule has 1 aromatic heterocycles. The molecule has 140 valence electrons. The van der Waals surface area contributed by atoms with Crippen LogP contribution in [0.25, 0.3) is 23.1 Å². The lowest BCUT2D eigenvalue weighted by molar-refractivity contribution is 0.363. The predicted octanol–water partition coefficient (Wildman–Crippen LogP) is 2.84. The van der Waals surface area contributed by atoms with Gasteiger partial charge >= 0.3 is 7.40 Å². The Morgan fingerprint density at radius 1 is 1.14 bits per heavy atom. The zero-order chi connectivity index (χ0) is 19.8. The van der Waals surface area contributed by atoms with Crippen LogP contribution >= 0.6 is 0 Å². The molecule has 2 aromatic carbocycles. The van der Waals surface area contributed by atoms with E-state index in [1.54, 1.807) is 36.4 Å². The first-order valence-electron chi connectivity index (χ1n) is 8.47. The molecule has 2 heterocycles. The number of benzene rings is 2. The van der Waals surface area contributed by atoms with Crippen molar-refractivity contribution in [2.45, 2.75) is 0 Å². The highest BCUT2D eigenvalue weighted by Gasteiger charge is 2.23. The van der Waals surface area contributed by atoms with E-state index in [9.17, 15) is 18.8 Å². The third kappa shape index (κ3) is 3.13. The van der Waals surface area contributed by atoms with E-state index >= 15 is 0 Å². The van der Waals surface area contributed by atoms with Crippen LogP contribution in [0.4, 0.5) is 8.63 Å². The number of allylic oxidation sites excluding steroid dienone is 1. The minimum Gasteiger partial charge on any atom is -0.504 e. The Kier molecular flexibility index (Phi) is 4.39. The normalized spacial score (nSPS) is 13.9. The molecule has 0 fully saturated rings. The first kappa shape index (κ1) is 17.8. The number of aromatic nitrogens is 1. The van der Waals surface area contributed by atoms with Crippen LogP contribution in [0.1, 0.15) is 5.69 Å². The summed E-state index contributed by atoms with van der Waals surface area (Å²) < 4.78 is 33.9. The van der Waals surface area contributed by atoms with E-state index < -0.39 is 7.40 Å². The van der Waals surface area contributed by atoms with Crippen molar-refractivity contribution in [2.24, 2.45) is 4.99 Å². The van der Waals surface area contributed by atoms with E-state index in [0.717, 1.165) is 4.48 Å². The Bertz CT molecular complexity index is 1210. The first-order valence-corrected chi connectivity index (χ1v) is 8.47. The summed E-state index contributed by atoms with van der Waals surface area (Å²) in [4.78, 5) is 4.32. The van der Waals surface area contributed by atoms with Gasteiger partial charge in [-0.05, 0) is 41.8 Å². The van der Waals surface area contributed by atoms with Crippen LogP contribution in [0.5, 0.6) is 17.2 Å². The van der Waals surface area contributed by atoms with Crippen LogP contribution in [-0.2, 0) is 0 Å². The number of rotatable bonds is 5. The van der Waals surface area contributed by atoms with Gasteiger partial charge < -0.3 is 19.4 Å². The summed E-state index contributed by atoms with van der Waals surface area (Å²) in [5.41, 5.74) is 1.06. The molecule has 5 nitrogen and oxygen atoms in total. The van der Waals surface area contributed by atoms with Gasteiger partial charge in [-0.15, -0.1) is 0 Å². The minimum atomic E-state index is -2.75. The maximum atomic E-state index is 13.8. The number of aromatic hydroxyl groups is 2. The molecule has 3 aromatic rings. The molecule has 0 saturated carbocycles. The summed E-state index contributed by atoms with van der Waals surface area (Å²) in [5, 5.41) is 20.9. The van der Waals surface area contributed by atoms with Gasteiger partial charge in [0, 0.05) is 28.6 Å². The van der Waals surface area contributed by atoms with Crippen molar-refractivity contribution >= 4 is 30.5 Å². The zero-order valence-corrected chi connectivity index (χ0v) is 14.6. The number of halogens is 2. The quantitative estimate of drug-likeness (QED) is 0.407. The van der Waals surface area contributed by atoms with Crippen LogP contribution < -0.4 is 15.3 Å². The molecule has 0 amide bonds. The molecule has 0 bridgehead atoms. The summed E-state index contributed by atoms with van der Waals surface area (Å²) >= 11 is 0. The Hall–Kier alpha value is -3.55. The summed E-state index contributed by atoms with van der Waals surface area (Å²) in [6.07, 6.45) is 4.77. The number of nitrogens with zero attached hydrogens (tertiary/aromatic N) is 2. The second-order valence-electron chi connectivity index (χ2n) is 6.26. The monoisotopic (exact) mass is 380 g/mol. The van der Waals surface area contributed by atoms with Crippen LogP contribution in [0, 0.1) is 0 Å². The van der Waals surface area contributed by atoms with Gasteiger partial charge in [0.05, 0.1) is 11.1 Å². The third-order valence-corrected chi connectivity index (χ3v) is 4.38.